The van der Waals surface area contributed by atoms with Crippen LogP contribution in [0.1, 0.15) is 16.1 Å². The number of hydrogen-bond acceptors (Lipinski definition) is 3. The van der Waals surface area contributed by atoms with E-state index < -0.39 is 28.4 Å². The number of hydrogen-bond donors (Lipinski definition) is 1. The highest BCUT2D eigenvalue weighted by atomic mass is 32.2. The Balaban J connectivity index is 2.23. The van der Waals surface area contributed by atoms with E-state index in [0.29, 0.717) is 0 Å². The van der Waals surface area contributed by atoms with Crippen LogP contribution < -0.4 is 0 Å². The molecule has 4 nitrogen and oxygen atoms in total. The first-order valence-corrected chi connectivity index (χ1v) is 6.44. The molecule has 0 aliphatic heterocycles. The van der Waals surface area contributed by atoms with Crippen LogP contribution in [0.5, 0.6) is 0 Å². The number of carboxylic acid groups (broad SMARTS) is 1. The molecule has 19 heavy (non-hydrogen) atoms. The van der Waals surface area contributed by atoms with Crippen LogP contribution >= 0.6 is 0 Å². The van der Waals surface area contributed by atoms with Crippen molar-refractivity contribution in [3.8, 4) is 0 Å². The van der Waals surface area contributed by atoms with Gasteiger partial charge in [0.2, 0.25) is 5.76 Å². The molecule has 0 aliphatic carbocycles. The Morgan fingerprint density at radius 1 is 1.26 bits per heavy atom. The topological polar surface area (TPSA) is 67.5 Å². The van der Waals surface area contributed by atoms with E-state index in [4.69, 9.17) is 9.52 Å². The zero-order valence-corrected chi connectivity index (χ0v) is 10.2. The molecule has 0 aliphatic rings. The van der Waals surface area contributed by atoms with Gasteiger partial charge in [-0.1, -0.05) is 0 Å². The van der Waals surface area contributed by atoms with E-state index in [-0.39, 0.29) is 22.0 Å². The number of aromatic carboxylic acids is 1. The molecule has 100 valence electrons. The summed E-state index contributed by atoms with van der Waals surface area (Å²) in [4.78, 5) is 10.9. The van der Waals surface area contributed by atoms with E-state index >= 15 is 0 Å². The van der Waals surface area contributed by atoms with Crippen molar-refractivity contribution < 1.29 is 27.3 Å². The summed E-state index contributed by atoms with van der Waals surface area (Å²) < 4.78 is 42.4. The molecule has 1 unspecified atom stereocenters. The van der Waals surface area contributed by atoms with Crippen molar-refractivity contribution in [3.63, 3.8) is 0 Å². The number of furan rings is 1. The molecule has 1 N–H and O–H groups in total. The molecule has 1 aromatic carbocycles. The van der Waals surface area contributed by atoms with Crippen molar-refractivity contribution in [1.82, 2.24) is 0 Å². The number of carbonyl (C=O) groups is 1. The van der Waals surface area contributed by atoms with Gasteiger partial charge in [0, 0.05) is 10.5 Å². The minimum Gasteiger partial charge on any atom is -0.475 e. The summed E-state index contributed by atoms with van der Waals surface area (Å²) in [6.45, 7) is 0. The largest absolute Gasteiger partial charge is 0.475 e. The summed E-state index contributed by atoms with van der Waals surface area (Å²) in [7, 11) is -1.69. The van der Waals surface area contributed by atoms with E-state index in [1.807, 2.05) is 0 Å². The van der Waals surface area contributed by atoms with Gasteiger partial charge in [-0.15, -0.1) is 0 Å². The maximum atomic E-state index is 13.0. The zero-order valence-electron chi connectivity index (χ0n) is 9.43. The fourth-order valence-electron chi connectivity index (χ4n) is 1.48. The average molecular weight is 286 g/mol. The van der Waals surface area contributed by atoms with Crippen molar-refractivity contribution in [2.45, 2.75) is 10.6 Å². The van der Waals surface area contributed by atoms with Crippen LogP contribution in [0.3, 0.4) is 0 Å². The predicted molar refractivity (Wildman–Crippen MR) is 62.1 cm³/mol. The molecule has 0 spiro atoms. The lowest BCUT2D eigenvalue weighted by molar-refractivity contribution is 0.0661. The lowest BCUT2D eigenvalue weighted by atomic mass is 10.3. The Hall–Kier alpha value is -2.02. The molecule has 2 aromatic rings. The van der Waals surface area contributed by atoms with E-state index in [9.17, 15) is 17.8 Å². The Labute approximate surface area is 109 Å². The summed E-state index contributed by atoms with van der Waals surface area (Å²) in [5.74, 6) is -3.87. The predicted octanol–water partition coefficient (Wildman–Crippen LogP) is 2.56. The third-order valence-electron chi connectivity index (χ3n) is 2.38. The van der Waals surface area contributed by atoms with Gasteiger partial charge < -0.3 is 9.52 Å². The Morgan fingerprint density at radius 2 is 2.00 bits per heavy atom. The van der Waals surface area contributed by atoms with Crippen molar-refractivity contribution in [2.24, 2.45) is 0 Å². The number of carboxylic acids is 1. The highest BCUT2D eigenvalue weighted by molar-refractivity contribution is 7.84. The molecule has 0 amide bonds. The first-order valence-electron chi connectivity index (χ1n) is 5.12. The van der Waals surface area contributed by atoms with E-state index in [1.165, 1.54) is 18.4 Å². The molecule has 0 bridgehead atoms. The molecule has 0 saturated carbocycles. The maximum absolute atomic E-state index is 13.0. The highest BCUT2D eigenvalue weighted by Gasteiger charge is 2.17. The minimum absolute atomic E-state index is 0.0800. The third kappa shape index (κ3) is 2.87. The van der Waals surface area contributed by atoms with Crippen LogP contribution in [0.4, 0.5) is 8.78 Å². The number of halogens is 2. The van der Waals surface area contributed by atoms with E-state index in [2.05, 4.69) is 0 Å². The van der Waals surface area contributed by atoms with Crippen LogP contribution in [0.2, 0.25) is 0 Å². The second-order valence-corrected chi connectivity index (χ2v) is 5.10. The van der Waals surface area contributed by atoms with Gasteiger partial charge in [-0.05, 0) is 24.3 Å². The van der Waals surface area contributed by atoms with Crippen molar-refractivity contribution in [1.29, 1.82) is 0 Å². The Morgan fingerprint density at radius 3 is 2.63 bits per heavy atom. The normalized spacial score (nSPS) is 12.3. The lowest BCUT2D eigenvalue weighted by Crippen LogP contribution is -2.03. The zero-order chi connectivity index (χ0) is 14.0. The molecule has 1 heterocycles. The smallest absolute Gasteiger partial charge is 0.372 e. The van der Waals surface area contributed by atoms with Gasteiger partial charge >= 0.3 is 5.97 Å². The van der Waals surface area contributed by atoms with Gasteiger partial charge in [0.25, 0.3) is 0 Å². The molecular weight excluding hydrogens is 278 g/mol. The number of benzene rings is 1. The van der Waals surface area contributed by atoms with Crippen LogP contribution in [0.15, 0.2) is 39.8 Å². The molecule has 2 rings (SSSR count). The number of rotatable bonds is 4. The monoisotopic (exact) mass is 286 g/mol. The van der Waals surface area contributed by atoms with E-state index in [0.717, 1.165) is 12.1 Å². The van der Waals surface area contributed by atoms with Crippen LogP contribution in [-0.2, 0) is 16.6 Å². The quantitative estimate of drug-likeness (QED) is 0.938. The van der Waals surface area contributed by atoms with Gasteiger partial charge in [0.15, 0.2) is 11.6 Å². The first-order chi connectivity index (χ1) is 8.99. The lowest BCUT2D eigenvalue weighted by Gasteiger charge is -2.02. The molecule has 1 atom stereocenters. The maximum Gasteiger partial charge on any atom is 0.372 e. The van der Waals surface area contributed by atoms with Gasteiger partial charge in [-0.25, -0.2) is 13.6 Å². The van der Waals surface area contributed by atoms with Gasteiger partial charge in [-0.2, -0.15) is 0 Å². The van der Waals surface area contributed by atoms with Crippen LogP contribution in [0, 0.1) is 11.6 Å². The summed E-state index contributed by atoms with van der Waals surface area (Å²) in [6, 6.07) is 4.26. The Kier molecular flexibility index (Phi) is 3.75. The molecule has 1 aromatic heterocycles. The molecule has 0 fully saturated rings. The van der Waals surface area contributed by atoms with Crippen molar-refractivity contribution in [2.75, 3.05) is 0 Å². The fourth-order valence-corrected chi connectivity index (χ4v) is 2.61. The third-order valence-corrected chi connectivity index (χ3v) is 3.73. The average Bonchev–Trinajstić information content (AvgIpc) is 2.80. The fraction of sp³-hybridized carbons (Fsp3) is 0.0833. The molecule has 0 saturated heterocycles. The molecule has 0 radical (unpaired) electrons. The minimum atomic E-state index is -1.69. The van der Waals surface area contributed by atoms with Crippen LogP contribution in [-0.4, -0.2) is 15.3 Å². The van der Waals surface area contributed by atoms with E-state index in [1.54, 1.807) is 0 Å². The Bertz CT molecular complexity index is 651. The first kappa shape index (κ1) is 13.4. The highest BCUT2D eigenvalue weighted by Crippen LogP contribution is 2.18. The van der Waals surface area contributed by atoms with Crippen LogP contribution in [0.25, 0.3) is 0 Å². The van der Waals surface area contributed by atoms with Gasteiger partial charge in [-0.3, -0.25) is 4.21 Å². The standard InChI is InChI=1S/C12H8F2O4S/c13-9-2-1-8(5-10(9)14)19(17)6-7-3-4-18-11(7)12(15)16/h1-5H,6H2,(H,15,16). The second-order valence-electron chi connectivity index (χ2n) is 3.65. The van der Waals surface area contributed by atoms with Gasteiger partial charge in [0.05, 0.1) is 22.8 Å². The molecular formula is C12H8F2O4S. The second kappa shape index (κ2) is 5.31. The SMILES string of the molecule is O=C(O)c1occc1CS(=O)c1ccc(F)c(F)c1. The molecule has 7 heteroatoms. The summed E-state index contributed by atoms with van der Waals surface area (Å²) in [6.07, 6.45) is 1.17. The van der Waals surface area contributed by atoms with Crippen molar-refractivity contribution >= 4 is 16.8 Å². The van der Waals surface area contributed by atoms with Crippen molar-refractivity contribution in [3.05, 3.63) is 53.5 Å². The summed E-state index contributed by atoms with van der Waals surface area (Å²) >= 11 is 0. The summed E-state index contributed by atoms with van der Waals surface area (Å²) in [5, 5.41) is 8.82. The summed E-state index contributed by atoms with van der Waals surface area (Å²) in [5.41, 5.74) is 0.232. The van der Waals surface area contributed by atoms with Gasteiger partial charge in [0.1, 0.15) is 0 Å².